The van der Waals surface area contributed by atoms with Crippen LogP contribution in [0, 0.1) is 11.8 Å². The summed E-state index contributed by atoms with van der Waals surface area (Å²) in [5, 5.41) is 10.5. The lowest BCUT2D eigenvalue weighted by Gasteiger charge is -2.24. The monoisotopic (exact) mass is 1260 g/mol. The van der Waals surface area contributed by atoms with E-state index in [1.165, 1.54) is 127 Å². The lowest BCUT2D eigenvalue weighted by molar-refractivity contribution is 0.157. The Kier molecular flexibility index (Phi) is 24.7. The summed E-state index contributed by atoms with van der Waals surface area (Å²) >= 11 is 0. The van der Waals surface area contributed by atoms with Gasteiger partial charge in [0.2, 0.25) is 0 Å². The second-order valence-electron chi connectivity index (χ2n) is 24.5. The Labute approximate surface area is 537 Å². The van der Waals surface area contributed by atoms with Crippen molar-refractivity contribution in [3.05, 3.63) is 146 Å². The Morgan fingerprint density at radius 1 is 0.352 bits per heavy atom. The van der Waals surface area contributed by atoms with Crippen LogP contribution in [0.15, 0.2) is 165 Å². The Morgan fingerprint density at radius 3 is 1.05 bits per heavy atom. The van der Waals surface area contributed by atoms with Crippen molar-refractivity contribution in [3.8, 4) is 23.0 Å². The Morgan fingerprint density at radius 2 is 0.670 bits per heavy atom. The molecule has 0 radical (unpaired) electrons. The Hall–Kier alpha value is -4.76. The minimum Gasteiger partial charge on any atom is -0.493 e. The molecule has 0 N–H and O–H groups in total. The van der Waals surface area contributed by atoms with Crippen molar-refractivity contribution < 1.29 is 37.9 Å². The average Bonchev–Trinajstić information content (AvgIpc) is 2.93. The summed E-state index contributed by atoms with van der Waals surface area (Å²) in [5.41, 5.74) is 0. The SMILES string of the molecule is CC(C)COc1ccc([S+]2CCOCC2)c2ccccc12.CC(C)Oc1ccc([S+]2CCOCC2)c2ccccc12.c1ccc2c([S+]3CCOCC3)ccc(OC3CCCCC3)c2c1.c1ccc2c([S+]3CCOCC3)ccc(OCC3CCCCC3)c2c1. The standard InChI is InChI=1S/C21H27O2S.C20H25O2S.C18H23O2S.C17H21O2S/c1-2-6-17(7-3-1)16-23-20-10-11-21(24-14-12-22-13-15-24)19-9-5-4-8-18(19)20;1-2-6-16(7-3-1)22-19-10-11-20(23-14-12-21-13-15-23)18-9-5-4-8-17(18)19;1-14(2)13-20-17-7-8-18(21-11-9-19-10-12-21)16-6-4-3-5-15(16)17;1-13(2)19-16-7-8-17(20-11-9-18-10-12-20)15-6-4-3-5-14(15)16/h4-5,8-11,17H,1-3,6-7,12-16H2;4-5,8-11,16H,1-3,6-7,12-15H2;3-8,14H,9-13H2,1-2H3;3-8,13H,9-12H2,1-2H3/q4*+1. The van der Waals surface area contributed by atoms with Crippen LogP contribution in [0.2, 0.25) is 0 Å². The van der Waals surface area contributed by atoms with Crippen molar-refractivity contribution >= 4 is 86.7 Å². The number of rotatable bonds is 14. The van der Waals surface area contributed by atoms with Gasteiger partial charge in [0.15, 0.2) is 19.6 Å². The quantitative estimate of drug-likeness (QED) is 0.0997. The van der Waals surface area contributed by atoms with E-state index >= 15 is 0 Å². The van der Waals surface area contributed by atoms with E-state index in [9.17, 15) is 0 Å². The number of ether oxygens (including phenoxy) is 8. The molecule has 0 unspecified atom stereocenters. The number of hydrogen-bond donors (Lipinski definition) is 0. The number of hydrogen-bond acceptors (Lipinski definition) is 8. The number of benzene rings is 8. The first-order chi connectivity index (χ1) is 43.3. The lowest BCUT2D eigenvalue weighted by Crippen LogP contribution is -2.26. The van der Waals surface area contributed by atoms with Gasteiger partial charge < -0.3 is 37.9 Å². The molecule has 12 heteroatoms. The summed E-state index contributed by atoms with van der Waals surface area (Å²) in [4.78, 5) is 5.95. The second-order valence-corrected chi connectivity index (χ2v) is 33.5. The van der Waals surface area contributed by atoms with Crippen LogP contribution in [0.5, 0.6) is 23.0 Å². The first-order valence-electron chi connectivity index (χ1n) is 33.0. The summed E-state index contributed by atoms with van der Waals surface area (Å²) in [6.07, 6.45) is 13.8. The maximum atomic E-state index is 6.39. The van der Waals surface area contributed by atoms with Crippen LogP contribution in [-0.2, 0) is 62.5 Å². The maximum absolute atomic E-state index is 6.39. The predicted octanol–water partition coefficient (Wildman–Crippen LogP) is 16.9. The van der Waals surface area contributed by atoms with Gasteiger partial charge in [-0.3, -0.25) is 0 Å². The summed E-state index contributed by atoms with van der Waals surface area (Å²) in [6, 6.07) is 52.7. The van der Waals surface area contributed by atoms with Gasteiger partial charge in [0, 0.05) is 86.7 Å². The average molecular weight is 1270 g/mol. The van der Waals surface area contributed by atoms with E-state index in [1.807, 2.05) is 0 Å². The summed E-state index contributed by atoms with van der Waals surface area (Å²) < 4.78 is 46.7. The van der Waals surface area contributed by atoms with E-state index < -0.39 is 0 Å². The van der Waals surface area contributed by atoms with Crippen LogP contribution in [-0.4, -0.2) is 124 Å². The molecular formula is C76H96O8S4+4. The molecule has 6 fully saturated rings. The topological polar surface area (TPSA) is 73.8 Å². The van der Waals surface area contributed by atoms with E-state index in [-0.39, 0.29) is 6.10 Å². The van der Waals surface area contributed by atoms with Crippen molar-refractivity contribution in [1.29, 1.82) is 0 Å². The molecule has 2 saturated carbocycles. The van der Waals surface area contributed by atoms with Crippen LogP contribution in [0.3, 0.4) is 0 Å². The molecule has 14 rings (SSSR count). The van der Waals surface area contributed by atoms with Gasteiger partial charge in [0.1, 0.15) is 69.0 Å². The van der Waals surface area contributed by atoms with Crippen LogP contribution < -0.4 is 18.9 Å². The van der Waals surface area contributed by atoms with Crippen LogP contribution in [0.1, 0.15) is 91.9 Å². The molecule has 4 heterocycles. The van der Waals surface area contributed by atoms with Gasteiger partial charge in [-0.2, -0.15) is 0 Å². The highest BCUT2D eigenvalue weighted by molar-refractivity contribution is 7.98. The van der Waals surface area contributed by atoms with Crippen molar-refractivity contribution in [1.82, 2.24) is 0 Å². The minimum absolute atomic E-state index is 0.204. The third kappa shape index (κ3) is 17.4. The molecule has 8 aromatic carbocycles. The molecule has 0 amide bonds. The minimum atomic E-state index is 0.204. The third-order valence-corrected chi connectivity index (χ3v) is 26.6. The van der Waals surface area contributed by atoms with Crippen LogP contribution in [0.4, 0.5) is 0 Å². The molecule has 4 saturated heterocycles. The molecule has 0 spiro atoms. The van der Waals surface area contributed by atoms with Gasteiger partial charge >= 0.3 is 0 Å². The summed E-state index contributed by atoms with van der Waals surface area (Å²) in [5.74, 6) is 14.7. The van der Waals surface area contributed by atoms with Gasteiger partial charge in [-0.1, -0.05) is 112 Å². The third-order valence-electron chi connectivity index (χ3n) is 17.4. The fourth-order valence-corrected chi connectivity index (χ4v) is 21.0. The van der Waals surface area contributed by atoms with Gasteiger partial charge in [0.05, 0.1) is 78.3 Å². The highest BCUT2D eigenvalue weighted by Gasteiger charge is 2.32. The molecule has 88 heavy (non-hydrogen) atoms. The van der Waals surface area contributed by atoms with E-state index in [0.29, 0.717) is 55.6 Å². The van der Waals surface area contributed by atoms with E-state index in [1.54, 1.807) is 0 Å². The molecule has 6 aliphatic rings. The summed E-state index contributed by atoms with van der Waals surface area (Å²) in [7, 11) is 1.27. The van der Waals surface area contributed by atoms with E-state index in [4.69, 9.17) is 37.9 Å². The second kappa shape index (κ2) is 33.5. The highest BCUT2D eigenvalue weighted by Crippen LogP contribution is 2.39. The normalized spacial score (nSPS) is 18.7. The lowest BCUT2D eigenvalue weighted by atomic mass is 9.90. The molecule has 0 bridgehead atoms. The molecule has 8 aromatic rings. The molecule has 0 atom stereocenters. The molecular weight excluding hydrogens is 1170 g/mol. The zero-order valence-electron chi connectivity index (χ0n) is 52.9. The summed E-state index contributed by atoms with van der Waals surface area (Å²) in [6.45, 7) is 17.3. The largest absolute Gasteiger partial charge is 0.493 e. The Bertz CT molecular complexity index is 3430. The van der Waals surface area contributed by atoms with E-state index in [2.05, 4.69) is 173 Å². The first kappa shape index (κ1) is 64.8. The maximum Gasteiger partial charge on any atom is 0.163 e. The van der Waals surface area contributed by atoms with Gasteiger partial charge in [-0.15, -0.1) is 0 Å². The molecule has 468 valence electrons. The molecule has 4 aliphatic heterocycles. The van der Waals surface area contributed by atoms with Crippen molar-refractivity contribution in [2.75, 3.05) is 112 Å². The van der Waals surface area contributed by atoms with Gasteiger partial charge in [0.25, 0.3) is 0 Å². The highest BCUT2D eigenvalue weighted by atomic mass is 32.2. The van der Waals surface area contributed by atoms with Crippen molar-refractivity contribution in [3.63, 3.8) is 0 Å². The Balaban J connectivity index is 0.000000122. The van der Waals surface area contributed by atoms with Crippen LogP contribution >= 0.6 is 0 Å². The van der Waals surface area contributed by atoms with Crippen LogP contribution in [0.25, 0.3) is 43.1 Å². The van der Waals surface area contributed by atoms with Crippen molar-refractivity contribution in [2.45, 2.75) is 124 Å². The van der Waals surface area contributed by atoms with E-state index in [0.717, 1.165) is 141 Å². The van der Waals surface area contributed by atoms with Gasteiger partial charge in [-0.25, -0.2) is 0 Å². The first-order valence-corrected chi connectivity index (χ1v) is 39.3. The van der Waals surface area contributed by atoms with Gasteiger partial charge in [-0.05, 0) is 137 Å². The zero-order chi connectivity index (χ0) is 60.3. The zero-order valence-corrected chi connectivity index (χ0v) is 56.1. The molecule has 2 aliphatic carbocycles. The fourth-order valence-electron chi connectivity index (χ4n) is 12.8. The molecule has 0 aromatic heterocycles. The predicted molar refractivity (Wildman–Crippen MR) is 376 cm³/mol. The van der Waals surface area contributed by atoms with Crippen molar-refractivity contribution in [2.24, 2.45) is 11.8 Å². The number of fused-ring (bicyclic) bond motifs is 4. The smallest absolute Gasteiger partial charge is 0.163 e. The molecule has 8 nitrogen and oxygen atoms in total. The fraction of sp³-hybridized carbons (Fsp3) is 0.474.